The van der Waals surface area contributed by atoms with Crippen LogP contribution in [0.4, 0.5) is 0 Å². The third-order valence-corrected chi connectivity index (χ3v) is 8.27. The van der Waals surface area contributed by atoms with Gasteiger partial charge in [-0.05, 0) is 49.2 Å². The molecule has 0 radical (unpaired) electrons. The molecule has 0 unspecified atom stereocenters. The molecule has 0 atom stereocenters. The molecule has 0 saturated heterocycles. The molecule has 0 spiro atoms. The van der Waals surface area contributed by atoms with Gasteiger partial charge in [-0.2, -0.15) is 9.30 Å². The highest BCUT2D eigenvalue weighted by Crippen LogP contribution is 2.29. The summed E-state index contributed by atoms with van der Waals surface area (Å²) in [6.07, 6.45) is 6.94. The monoisotopic (exact) mass is 523 g/mol. The first-order valence-electron chi connectivity index (χ1n) is 10.3. The van der Waals surface area contributed by atoms with Gasteiger partial charge in [0.15, 0.2) is 4.80 Å². The van der Waals surface area contributed by atoms with E-state index in [1.165, 1.54) is 39.9 Å². The quantitative estimate of drug-likeness (QED) is 0.381. The summed E-state index contributed by atoms with van der Waals surface area (Å²) in [5.41, 5.74) is 0.921. The maximum absolute atomic E-state index is 12.9. The average Bonchev–Trinajstić information content (AvgIpc) is 3.10. The van der Waals surface area contributed by atoms with E-state index in [0.717, 1.165) is 17.5 Å². The van der Waals surface area contributed by atoms with Crippen LogP contribution in [0.5, 0.6) is 0 Å². The van der Waals surface area contributed by atoms with Gasteiger partial charge >= 0.3 is 0 Å². The second-order valence-corrected chi connectivity index (χ2v) is 11.0. The molecule has 3 rings (SSSR count). The summed E-state index contributed by atoms with van der Waals surface area (Å²) < 4.78 is 29.8. The Labute approximate surface area is 207 Å². The predicted molar refractivity (Wildman–Crippen MR) is 134 cm³/mol. The zero-order valence-corrected chi connectivity index (χ0v) is 21.4. The Morgan fingerprint density at radius 2 is 1.79 bits per heavy atom. The highest BCUT2D eigenvalue weighted by atomic mass is 35.5. The fraction of sp³-hybridized carbons (Fsp3) is 0.304. The summed E-state index contributed by atoms with van der Waals surface area (Å²) in [6.45, 7) is 4.93. The molecule has 0 aliphatic heterocycles. The highest BCUT2D eigenvalue weighted by molar-refractivity contribution is 7.89. The topological polar surface area (TPSA) is 71.7 Å². The summed E-state index contributed by atoms with van der Waals surface area (Å²) in [7, 11) is -3.63. The maximum Gasteiger partial charge on any atom is 0.279 e. The molecule has 6 nitrogen and oxygen atoms in total. The third kappa shape index (κ3) is 5.51. The van der Waals surface area contributed by atoms with E-state index >= 15 is 0 Å². The molecular formula is C23H23Cl2N3O3S2. The SMILES string of the molecule is C#CCn1c(=NC(=O)c2ccc(S(=O)(=O)N(CCC)CCC)cc2)sc2cc(Cl)cc(Cl)c21. The van der Waals surface area contributed by atoms with Crippen LogP contribution in [-0.4, -0.2) is 36.3 Å². The first-order valence-corrected chi connectivity index (χ1v) is 13.3. The molecule has 174 valence electrons. The minimum Gasteiger partial charge on any atom is -0.303 e. The Bertz CT molecular complexity index is 1380. The van der Waals surface area contributed by atoms with Gasteiger partial charge in [-0.3, -0.25) is 4.79 Å². The number of amides is 1. The van der Waals surface area contributed by atoms with Gasteiger partial charge in [0.2, 0.25) is 10.0 Å². The van der Waals surface area contributed by atoms with Gasteiger partial charge in [0, 0.05) is 23.7 Å². The summed E-state index contributed by atoms with van der Waals surface area (Å²) in [6, 6.07) is 9.16. The van der Waals surface area contributed by atoms with Gasteiger partial charge in [0.05, 0.1) is 26.7 Å². The van der Waals surface area contributed by atoms with Gasteiger partial charge < -0.3 is 4.57 Å². The molecule has 1 heterocycles. The van der Waals surface area contributed by atoms with Crippen molar-refractivity contribution in [2.24, 2.45) is 4.99 Å². The summed E-state index contributed by atoms with van der Waals surface area (Å²) in [5, 5.41) is 0.882. The smallest absolute Gasteiger partial charge is 0.279 e. The lowest BCUT2D eigenvalue weighted by atomic mass is 10.2. The largest absolute Gasteiger partial charge is 0.303 e. The molecule has 1 amide bonds. The van der Waals surface area contributed by atoms with Crippen molar-refractivity contribution in [3.63, 3.8) is 0 Å². The average molecular weight is 524 g/mol. The van der Waals surface area contributed by atoms with Crippen LogP contribution in [-0.2, 0) is 16.6 Å². The van der Waals surface area contributed by atoms with E-state index in [1.54, 1.807) is 16.7 Å². The molecule has 3 aromatic rings. The van der Waals surface area contributed by atoms with E-state index in [9.17, 15) is 13.2 Å². The number of sulfonamides is 1. The molecule has 2 aromatic carbocycles. The van der Waals surface area contributed by atoms with Crippen LogP contribution in [0.2, 0.25) is 10.0 Å². The fourth-order valence-electron chi connectivity index (χ4n) is 3.37. The number of halogens is 2. The number of hydrogen-bond acceptors (Lipinski definition) is 4. The Hall–Kier alpha value is -2.15. The number of rotatable bonds is 8. The fourth-order valence-corrected chi connectivity index (χ4v) is 6.81. The van der Waals surface area contributed by atoms with Crippen LogP contribution < -0.4 is 4.80 Å². The predicted octanol–water partition coefficient (Wildman–Crippen LogP) is 5.19. The molecular weight excluding hydrogens is 501 g/mol. The van der Waals surface area contributed by atoms with Crippen molar-refractivity contribution in [3.05, 3.63) is 56.8 Å². The van der Waals surface area contributed by atoms with E-state index in [2.05, 4.69) is 10.9 Å². The van der Waals surface area contributed by atoms with Gasteiger partial charge in [-0.25, -0.2) is 8.42 Å². The number of aromatic nitrogens is 1. The first-order chi connectivity index (χ1) is 15.7. The van der Waals surface area contributed by atoms with Crippen LogP contribution in [0, 0.1) is 12.3 Å². The number of terminal acetylenes is 1. The number of carbonyl (C=O) groups is 1. The van der Waals surface area contributed by atoms with Crippen LogP contribution in [0.3, 0.4) is 0 Å². The molecule has 0 N–H and O–H groups in total. The van der Waals surface area contributed by atoms with Crippen molar-refractivity contribution in [1.29, 1.82) is 0 Å². The molecule has 0 bridgehead atoms. The number of carbonyl (C=O) groups excluding carboxylic acids is 1. The highest BCUT2D eigenvalue weighted by Gasteiger charge is 2.23. The van der Waals surface area contributed by atoms with Crippen LogP contribution in [0.1, 0.15) is 37.0 Å². The Kier molecular flexibility index (Phi) is 8.38. The van der Waals surface area contributed by atoms with Crippen LogP contribution in [0.25, 0.3) is 10.2 Å². The van der Waals surface area contributed by atoms with Gasteiger partial charge in [-0.15, -0.1) is 6.42 Å². The molecule has 0 fully saturated rings. The van der Waals surface area contributed by atoms with Gasteiger partial charge in [-0.1, -0.05) is 54.3 Å². The van der Waals surface area contributed by atoms with Gasteiger partial charge in [0.25, 0.3) is 5.91 Å². The lowest BCUT2D eigenvalue weighted by Gasteiger charge is -2.21. The number of nitrogens with zero attached hydrogens (tertiary/aromatic N) is 3. The maximum atomic E-state index is 12.9. The lowest BCUT2D eigenvalue weighted by molar-refractivity contribution is 0.0998. The lowest BCUT2D eigenvalue weighted by Crippen LogP contribution is -2.32. The van der Waals surface area contributed by atoms with E-state index in [4.69, 9.17) is 29.6 Å². The van der Waals surface area contributed by atoms with E-state index in [-0.39, 0.29) is 17.0 Å². The molecule has 33 heavy (non-hydrogen) atoms. The van der Waals surface area contributed by atoms with Crippen molar-refractivity contribution in [3.8, 4) is 12.3 Å². The molecule has 10 heteroatoms. The number of hydrogen-bond donors (Lipinski definition) is 0. The number of thiazole rings is 1. The van der Waals surface area contributed by atoms with Crippen LogP contribution in [0.15, 0.2) is 46.3 Å². The van der Waals surface area contributed by atoms with E-state index in [0.29, 0.717) is 33.5 Å². The molecule has 1 aromatic heterocycles. The number of fused-ring (bicyclic) bond motifs is 1. The normalized spacial score (nSPS) is 12.4. The van der Waals surface area contributed by atoms with Crippen molar-refractivity contribution < 1.29 is 13.2 Å². The zero-order chi connectivity index (χ0) is 24.2. The Morgan fingerprint density at radius 3 is 2.36 bits per heavy atom. The minimum absolute atomic E-state index is 0.145. The molecule has 0 aliphatic rings. The molecule has 0 saturated carbocycles. The Morgan fingerprint density at radius 1 is 1.15 bits per heavy atom. The van der Waals surface area contributed by atoms with Crippen molar-refractivity contribution >= 4 is 60.7 Å². The standard InChI is InChI=1S/C23H23Cl2N3O3S2/c1-4-11-27(12-5-2)33(30,31)18-9-7-16(8-10-18)22(29)26-23-28(13-6-3)21-19(25)14-17(24)15-20(21)32-23/h3,7-10,14-15H,4-5,11-13H2,1-2H3. The molecule has 0 aliphatic carbocycles. The van der Waals surface area contributed by atoms with Crippen molar-refractivity contribution in [2.75, 3.05) is 13.1 Å². The first kappa shape index (κ1) is 25.5. The zero-order valence-electron chi connectivity index (χ0n) is 18.2. The second-order valence-electron chi connectivity index (χ2n) is 7.25. The summed E-state index contributed by atoms with van der Waals surface area (Å²) >= 11 is 13.7. The third-order valence-electron chi connectivity index (χ3n) is 4.83. The van der Waals surface area contributed by atoms with E-state index in [1.807, 2.05) is 13.8 Å². The van der Waals surface area contributed by atoms with Crippen molar-refractivity contribution in [1.82, 2.24) is 8.87 Å². The Balaban J connectivity index is 1.99. The summed E-state index contributed by atoms with van der Waals surface area (Å²) in [4.78, 5) is 17.6. The second kappa shape index (κ2) is 10.9. The van der Waals surface area contributed by atoms with Gasteiger partial charge in [0.1, 0.15) is 0 Å². The summed E-state index contributed by atoms with van der Waals surface area (Å²) in [5.74, 6) is 2.03. The van der Waals surface area contributed by atoms with E-state index < -0.39 is 15.9 Å². The number of benzene rings is 2. The van der Waals surface area contributed by atoms with Crippen LogP contribution >= 0.6 is 34.5 Å². The van der Waals surface area contributed by atoms with Crippen molar-refractivity contribution in [2.45, 2.75) is 38.1 Å². The minimum atomic E-state index is -3.63.